The van der Waals surface area contributed by atoms with Gasteiger partial charge in [-0.1, -0.05) is 12.6 Å². The Labute approximate surface area is 155 Å². The Morgan fingerprint density at radius 3 is 2.81 bits per heavy atom. The quantitative estimate of drug-likeness (QED) is 0.728. The number of aromatic nitrogens is 3. The number of nitrogens with zero attached hydrogens (tertiary/aromatic N) is 4. The molecule has 2 atom stereocenters. The van der Waals surface area contributed by atoms with Crippen molar-refractivity contribution in [2.24, 2.45) is 11.8 Å². The van der Waals surface area contributed by atoms with Crippen LogP contribution in [0, 0.1) is 11.8 Å². The zero-order valence-corrected chi connectivity index (χ0v) is 14.9. The number of hydrogen-bond donors (Lipinski definition) is 0. The number of anilines is 1. The SMILES string of the molecule is C=Cc1nc(N2CC3[C@H](C2)C3(F)F)ccc1Cn1cc(C(=O)OCC)cn1. The summed E-state index contributed by atoms with van der Waals surface area (Å²) in [5.41, 5.74) is 1.94. The predicted octanol–water partition coefficient (Wildman–Crippen LogP) is 2.85. The van der Waals surface area contributed by atoms with Crippen LogP contribution in [0.3, 0.4) is 0 Å². The first-order chi connectivity index (χ1) is 12.9. The molecular weight excluding hydrogens is 354 g/mol. The lowest BCUT2D eigenvalue weighted by Gasteiger charge is -2.21. The average molecular weight is 374 g/mol. The number of rotatable bonds is 6. The first-order valence-corrected chi connectivity index (χ1v) is 8.88. The van der Waals surface area contributed by atoms with Gasteiger partial charge in [0.15, 0.2) is 0 Å². The minimum Gasteiger partial charge on any atom is -0.462 e. The maximum Gasteiger partial charge on any atom is 0.341 e. The topological polar surface area (TPSA) is 60.2 Å². The summed E-state index contributed by atoms with van der Waals surface area (Å²) in [6.45, 7) is 6.94. The molecule has 6 nitrogen and oxygen atoms in total. The van der Waals surface area contributed by atoms with Gasteiger partial charge in [-0.3, -0.25) is 4.68 Å². The molecule has 1 saturated carbocycles. The van der Waals surface area contributed by atoms with Gasteiger partial charge in [-0.2, -0.15) is 5.10 Å². The molecule has 1 saturated heterocycles. The zero-order valence-electron chi connectivity index (χ0n) is 14.9. The predicted molar refractivity (Wildman–Crippen MR) is 95.8 cm³/mol. The molecule has 2 aliphatic rings. The molecule has 0 N–H and O–H groups in total. The van der Waals surface area contributed by atoms with Crippen molar-refractivity contribution in [1.82, 2.24) is 14.8 Å². The van der Waals surface area contributed by atoms with E-state index in [9.17, 15) is 13.6 Å². The number of esters is 1. The highest BCUT2D eigenvalue weighted by atomic mass is 19.3. The third kappa shape index (κ3) is 3.09. The van der Waals surface area contributed by atoms with Crippen molar-refractivity contribution in [1.29, 1.82) is 0 Å². The number of carbonyl (C=O) groups excluding carboxylic acids is 1. The van der Waals surface area contributed by atoms with Gasteiger partial charge in [-0.15, -0.1) is 0 Å². The second-order valence-electron chi connectivity index (χ2n) is 6.86. The fourth-order valence-electron chi connectivity index (χ4n) is 3.62. The molecule has 3 heterocycles. The summed E-state index contributed by atoms with van der Waals surface area (Å²) in [5, 5.41) is 4.18. The molecule has 0 aromatic carbocycles. The van der Waals surface area contributed by atoms with E-state index >= 15 is 0 Å². The molecule has 0 spiro atoms. The molecule has 8 heteroatoms. The van der Waals surface area contributed by atoms with Crippen molar-refractivity contribution >= 4 is 17.9 Å². The van der Waals surface area contributed by atoms with Crippen molar-refractivity contribution in [3.05, 3.63) is 47.9 Å². The molecule has 142 valence electrons. The van der Waals surface area contributed by atoms with Gasteiger partial charge in [0.2, 0.25) is 0 Å². The van der Waals surface area contributed by atoms with Gasteiger partial charge >= 0.3 is 5.97 Å². The van der Waals surface area contributed by atoms with E-state index in [1.807, 2.05) is 17.0 Å². The molecule has 1 unspecified atom stereocenters. The maximum absolute atomic E-state index is 13.4. The summed E-state index contributed by atoms with van der Waals surface area (Å²) in [6, 6.07) is 3.73. The van der Waals surface area contributed by atoms with Gasteiger partial charge < -0.3 is 9.64 Å². The van der Waals surface area contributed by atoms with Crippen LogP contribution in [0.5, 0.6) is 0 Å². The van der Waals surface area contributed by atoms with Crippen LogP contribution >= 0.6 is 0 Å². The Morgan fingerprint density at radius 1 is 1.41 bits per heavy atom. The first kappa shape index (κ1) is 17.6. The van der Waals surface area contributed by atoms with E-state index in [4.69, 9.17) is 4.74 Å². The second kappa shape index (κ2) is 6.44. The average Bonchev–Trinajstić information content (AvgIpc) is 3.11. The number of alkyl halides is 2. The van der Waals surface area contributed by atoms with Gasteiger partial charge in [-0.25, -0.2) is 18.6 Å². The Hall–Kier alpha value is -2.77. The number of piperidine rings is 1. The fourth-order valence-corrected chi connectivity index (χ4v) is 3.62. The number of carbonyl (C=O) groups is 1. The minimum absolute atomic E-state index is 0.306. The highest BCUT2D eigenvalue weighted by Gasteiger charge is 2.71. The van der Waals surface area contributed by atoms with Crippen LogP contribution in [0.1, 0.15) is 28.5 Å². The van der Waals surface area contributed by atoms with Gasteiger partial charge in [0.05, 0.1) is 42.4 Å². The fraction of sp³-hybridized carbons (Fsp3) is 0.421. The van der Waals surface area contributed by atoms with Gasteiger partial charge in [0.25, 0.3) is 5.92 Å². The molecule has 0 bridgehead atoms. The Balaban J connectivity index is 1.48. The van der Waals surface area contributed by atoms with Crippen molar-refractivity contribution in [2.75, 3.05) is 24.6 Å². The Kier molecular flexibility index (Phi) is 4.20. The lowest BCUT2D eigenvalue weighted by atomic mass is 10.2. The summed E-state index contributed by atoms with van der Waals surface area (Å²) < 4.78 is 33.4. The van der Waals surface area contributed by atoms with Crippen LogP contribution in [-0.2, 0) is 11.3 Å². The normalized spacial score (nSPS) is 22.4. The van der Waals surface area contributed by atoms with E-state index in [0.717, 1.165) is 5.56 Å². The first-order valence-electron chi connectivity index (χ1n) is 8.88. The third-order valence-corrected chi connectivity index (χ3v) is 5.19. The monoisotopic (exact) mass is 374 g/mol. The molecule has 2 aromatic heterocycles. The maximum atomic E-state index is 13.4. The molecule has 1 aliphatic heterocycles. The van der Waals surface area contributed by atoms with Gasteiger partial charge in [-0.05, 0) is 24.6 Å². The third-order valence-electron chi connectivity index (χ3n) is 5.19. The van der Waals surface area contributed by atoms with E-state index in [2.05, 4.69) is 16.7 Å². The molecule has 0 amide bonds. The highest BCUT2D eigenvalue weighted by Crippen LogP contribution is 2.59. The van der Waals surface area contributed by atoms with Crippen LogP contribution in [0.2, 0.25) is 0 Å². The van der Waals surface area contributed by atoms with E-state index in [-0.39, 0.29) is 0 Å². The Bertz CT molecular complexity index is 882. The molecule has 27 heavy (non-hydrogen) atoms. The standard InChI is InChI=1S/C19H20F2N4O2/c1-3-16-12(8-25-9-13(7-22-25)18(26)27-4-2)5-6-17(23-16)24-10-14-15(11-24)19(14,20)21/h3,5-7,9,14-15H,1,4,8,10-11H2,2H3/t14-,15?/m0/s1. The summed E-state index contributed by atoms with van der Waals surface area (Å²) in [7, 11) is 0. The van der Waals surface area contributed by atoms with Crippen LogP contribution in [0.25, 0.3) is 6.08 Å². The lowest BCUT2D eigenvalue weighted by Crippen LogP contribution is -2.28. The molecule has 2 aromatic rings. The molecule has 1 aliphatic carbocycles. The summed E-state index contributed by atoms with van der Waals surface area (Å²) in [5.74, 6) is -3.32. The number of fused-ring (bicyclic) bond motifs is 1. The lowest BCUT2D eigenvalue weighted by molar-refractivity contribution is 0.0526. The molecule has 4 rings (SSSR count). The smallest absolute Gasteiger partial charge is 0.341 e. The van der Waals surface area contributed by atoms with Crippen LogP contribution in [0.4, 0.5) is 14.6 Å². The number of halogens is 2. The largest absolute Gasteiger partial charge is 0.462 e. The molecular formula is C19H20F2N4O2. The van der Waals surface area contributed by atoms with E-state index < -0.39 is 23.7 Å². The van der Waals surface area contributed by atoms with E-state index in [0.29, 0.717) is 43.3 Å². The van der Waals surface area contributed by atoms with Crippen LogP contribution in [0.15, 0.2) is 31.1 Å². The van der Waals surface area contributed by atoms with Crippen LogP contribution in [-0.4, -0.2) is 46.4 Å². The number of ether oxygens (including phenoxy) is 1. The minimum atomic E-state index is -2.51. The highest BCUT2D eigenvalue weighted by molar-refractivity contribution is 5.88. The van der Waals surface area contributed by atoms with Crippen molar-refractivity contribution in [3.8, 4) is 0 Å². The molecule has 2 fully saturated rings. The summed E-state index contributed by atoms with van der Waals surface area (Å²) in [4.78, 5) is 18.2. The van der Waals surface area contributed by atoms with E-state index in [1.165, 1.54) is 6.20 Å². The van der Waals surface area contributed by atoms with Gasteiger partial charge in [0.1, 0.15) is 5.82 Å². The van der Waals surface area contributed by atoms with Gasteiger partial charge in [0, 0.05) is 19.3 Å². The zero-order chi connectivity index (χ0) is 19.2. The van der Waals surface area contributed by atoms with Crippen molar-refractivity contribution < 1.29 is 18.3 Å². The summed E-state index contributed by atoms with van der Waals surface area (Å²) >= 11 is 0. The number of hydrogen-bond acceptors (Lipinski definition) is 5. The number of pyridine rings is 1. The summed E-state index contributed by atoms with van der Waals surface area (Å²) in [6.07, 6.45) is 4.72. The second-order valence-corrected chi connectivity index (χ2v) is 6.86. The molecule has 0 radical (unpaired) electrons. The van der Waals surface area contributed by atoms with Crippen molar-refractivity contribution in [3.63, 3.8) is 0 Å². The van der Waals surface area contributed by atoms with E-state index in [1.54, 1.807) is 23.9 Å². The Morgan fingerprint density at radius 2 is 2.15 bits per heavy atom. The van der Waals surface area contributed by atoms with Crippen molar-refractivity contribution in [2.45, 2.75) is 19.4 Å². The van der Waals surface area contributed by atoms with Crippen LogP contribution < -0.4 is 4.90 Å².